The van der Waals surface area contributed by atoms with Gasteiger partial charge in [0.2, 0.25) is 0 Å². The molecule has 0 radical (unpaired) electrons. The highest BCUT2D eigenvalue weighted by atomic mass is 16.5. The standard InChI is InChI=1S/C14H24N2O5/c17-9-11-2-1-5-16(8-11)14(20)15-6-3-12(4-7-15)21-10-13(18)19/h11-12,17H,1-10H2,(H,18,19). The second kappa shape index (κ2) is 7.61. The summed E-state index contributed by atoms with van der Waals surface area (Å²) in [5, 5.41) is 17.8. The number of piperidine rings is 2. The molecular formula is C14H24N2O5. The van der Waals surface area contributed by atoms with Gasteiger partial charge in [-0.05, 0) is 31.6 Å². The lowest BCUT2D eigenvalue weighted by molar-refractivity contribution is -0.145. The molecule has 0 aromatic carbocycles. The Morgan fingerprint density at radius 1 is 1.10 bits per heavy atom. The minimum Gasteiger partial charge on any atom is -0.480 e. The summed E-state index contributed by atoms with van der Waals surface area (Å²) in [4.78, 5) is 26.5. The molecule has 7 heteroatoms. The summed E-state index contributed by atoms with van der Waals surface area (Å²) in [7, 11) is 0. The van der Waals surface area contributed by atoms with E-state index in [4.69, 9.17) is 9.84 Å². The van der Waals surface area contributed by atoms with Gasteiger partial charge in [-0.25, -0.2) is 9.59 Å². The van der Waals surface area contributed by atoms with Crippen LogP contribution in [0.3, 0.4) is 0 Å². The number of rotatable bonds is 4. The van der Waals surface area contributed by atoms with Gasteiger partial charge in [-0.3, -0.25) is 0 Å². The minimum atomic E-state index is -0.961. The maximum absolute atomic E-state index is 12.4. The van der Waals surface area contributed by atoms with Gasteiger partial charge >= 0.3 is 12.0 Å². The lowest BCUT2D eigenvalue weighted by Gasteiger charge is -2.38. The van der Waals surface area contributed by atoms with E-state index in [0.717, 1.165) is 19.4 Å². The van der Waals surface area contributed by atoms with Crippen molar-refractivity contribution in [2.45, 2.75) is 31.8 Å². The van der Waals surface area contributed by atoms with Crippen molar-refractivity contribution < 1.29 is 24.5 Å². The molecule has 2 heterocycles. The summed E-state index contributed by atoms with van der Waals surface area (Å²) in [6, 6.07) is 0.0323. The van der Waals surface area contributed by atoms with Gasteiger partial charge in [0.25, 0.3) is 0 Å². The molecule has 0 bridgehead atoms. The molecule has 21 heavy (non-hydrogen) atoms. The molecule has 2 fully saturated rings. The molecule has 0 aliphatic carbocycles. The molecule has 2 amide bonds. The van der Waals surface area contributed by atoms with E-state index >= 15 is 0 Å². The summed E-state index contributed by atoms with van der Waals surface area (Å²) in [5.41, 5.74) is 0. The Kier molecular flexibility index (Phi) is 5.81. The number of aliphatic hydroxyl groups is 1. The van der Waals surface area contributed by atoms with Crippen molar-refractivity contribution >= 4 is 12.0 Å². The van der Waals surface area contributed by atoms with Gasteiger partial charge in [0.15, 0.2) is 0 Å². The fourth-order valence-corrected chi connectivity index (χ4v) is 2.99. The number of amides is 2. The van der Waals surface area contributed by atoms with E-state index in [1.807, 2.05) is 4.90 Å². The molecular weight excluding hydrogens is 276 g/mol. The van der Waals surface area contributed by atoms with E-state index in [0.29, 0.717) is 32.5 Å². The van der Waals surface area contributed by atoms with Crippen molar-refractivity contribution in [3.05, 3.63) is 0 Å². The summed E-state index contributed by atoms with van der Waals surface area (Å²) in [6.07, 6.45) is 3.20. The predicted molar refractivity (Wildman–Crippen MR) is 75.0 cm³/mol. The third-order valence-corrected chi connectivity index (χ3v) is 4.20. The number of carbonyl (C=O) groups is 2. The average Bonchev–Trinajstić information content (AvgIpc) is 2.52. The Morgan fingerprint density at radius 3 is 2.43 bits per heavy atom. The third-order valence-electron chi connectivity index (χ3n) is 4.20. The molecule has 0 aromatic heterocycles. The highest BCUT2D eigenvalue weighted by Gasteiger charge is 2.29. The zero-order valence-corrected chi connectivity index (χ0v) is 12.2. The molecule has 1 unspecified atom stereocenters. The summed E-state index contributed by atoms with van der Waals surface area (Å²) < 4.78 is 5.27. The van der Waals surface area contributed by atoms with Crippen molar-refractivity contribution in [3.63, 3.8) is 0 Å². The normalized spacial score (nSPS) is 24.1. The fraction of sp³-hybridized carbons (Fsp3) is 0.857. The first kappa shape index (κ1) is 16.0. The Morgan fingerprint density at radius 2 is 1.81 bits per heavy atom. The first-order chi connectivity index (χ1) is 10.1. The summed E-state index contributed by atoms with van der Waals surface area (Å²) in [6.45, 7) is 2.44. The van der Waals surface area contributed by atoms with Gasteiger partial charge < -0.3 is 24.7 Å². The topological polar surface area (TPSA) is 90.3 Å². The number of carbonyl (C=O) groups excluding carboxylic acids is 1. The number of hydrogen-bond donors (Lipinski definition) is 2. The lowest BCUT2D eigenvalue weighted by Crippen LogP contribution is -2.51. The van der Waals surface area contributed by atoms with Crippen LogP contribution >= 0.6 is 0 Å². The van der Waals surface area contributed by atoms with Gasteiger partial charge in [-0.15, -0.1) is 0 Å². The monoisotopic (exact) mass is 300 g/mol. The van der Waals surface area contributed by atoms with Gasteiger partial charge in [0.1, 0.15) is 6.61 Å². The number of aliphatic hydroxyl groups excluding tert-OH is 1. The first-order valence-electron chi connectivity index (χ1n) is 7.58. The van der Waals surface area contributed by atoms with Crippen molar-refractivity contribution in [2.75, 3.05) is 39.4 Å². The zero-order valence-electron chi connectivity index (χ0n) is 12.2. The van der Waals surface area contributed by atoms with Gasteiger partial charge in [-0.2, -0.15) is 0 Å². The molecule has 2 aliphatic rings. The van der Waals surface area contributed by atoms with Crippen molar-refractivity contribution in [1.82, 2.24) is 9.80 Å². The predicted octanol–water partition coefficient (Wildman–Crippen LogP) is 0.376. The number of ether oxygens (including phenoxy) is 1. The van der Waals surface area contributed by atoms with Crippen LogP contribution in [0.2, 0.25) is 0 Å². The summed E-state index contributed by atoms with van der Waals surface area (Å²) in [5.74, 6) is -0.768. The van der Waals surface area contributed by atoms with Crippen LogP contribution in [-0.2, 0) is 9.53 Å². The number of carboxylic acids is 1. The Labute approximate surface area is 124 Å². The maximum atomic E-state index is 12.4. The van der Waals surface area contributed by atoms with Crippen LogP contribution in [0.5, 0.6) is 0 Å². The van der Waals surface area contributed by atoms with Crippen LogP contribution in [-0.4, -0.2) is 77.5 Å². The molecule has 0 spiro atoms. The Hall–Kier alpha value is -1.34. The Balaban J connectivity index is 1.76. The van der Waals surface area contributed by atoms with Gasteiger partial charge in [0.05, 0.1) is 6.10 Å². The van der Waals surface area contributed by atoms with E-state index in [1.54, 1.807) is 4.90 Å². The molecule has 0 saturated carbocycles. The number of likely N-dealkylation sites (tertiary alicyclic amines) is 2. The van der Waals surface area contributed by atoms with Crippen LogP contribution in [0.15, 0.2) is 0 Å². The molecule has 2 saturated heterocycles. The van der Waals surface area contributed by atoms with Crippen molar-refractivity contribution in [3.8, 4) is 0 Å². The SMILES string of the molecule is O=C(O)COC1CCN(C(=O)N2CCCC(CO)C2)CC1. The fourth-order valence-electron chi connectivity index (χ4n) is 2.99. The second-order valence-electron chi connectivity index (χ2n) is 5.81. The van der Waals surface area contributed by atoms with Crippen LogP contribution in [0.1, 0.15) is 25.7 Å². The minimum absolute atomic E-state index is 0.0323. The van der Waals surface area contributed by atoms with Crippen LogP contribution in [0.25, 0.3) is 0 Å². The Bertz CT molecular complexity index is 368. The molecule has 2 rings (SSSR count). The van der Waals surface area contributed by atoms with Crippen LogP contribution in [0.4, 0.5) is 4.79 Å². The second-order valence-corrected chi connectivity index (χ2v) is 5.81. The van der Waals surface area contributed by atoms with Gasteiger partial charge in [0, 0.05) is 32.8 Å². The zero-order chi connectivity index (χ0) is 15.2. The largest absolute Gasteiger partial charge is 0.480 e. The maximum Gasteiger partial charge on any atom is 0.329 e. The van der Waals surface area contributed by atoms with E-state index < -0.39 is 5.97 Å². The molecule has 1 atom stereocenters. The number of urea groups is 1. The van der Waals surface area contributed by atoms with Gasteiger partial charge in [-0.1, -0.05) is 0 Å². The number of nitrogens with zero attached hydrogens (tertiary/aromatic N) is 2. The first-order valence-corrected chi connectivity index (χ1v) is 7.58. The van der Waals surface area contributed by atoms with Crippen LogP contribution < -0.4 is 0 Å². The highest BCUT2D eigenvalue weighted by molar-refractivity contribution is 5.74. The molecule has 2 aliphatic heterocycles. The molecule has 120 valence electrons. The third kappa shape index (κ3) is 4.57. The number of hydrogen-bond acceptors (Lipinski definition) is 4. The van der Waals surface area contributed by atoms with E-state index in [9.17, 15) is 14.7 Å². The molecule has 0 aromatic rings. The van der Waals surface area contributed by atoms with Crippen molar-refractivity contribution in [2.24, 2.45) is 5.92 Å². The van der Waals surface area contributed by atoms with Crippen LogP contribution in [0, 0.1) is 5.92 Å². The summed E-state index contributed by atoms with van der Waals surface area (Å²) >= 11 is 0. The molecule has 2 N–H and O–H groups in total. The average molecular weight is 300 g/mol. The highest BCUT2D eigenvalue weighted by Crippen LogP contribution is 2.20. The number of carboxylic acid groups (broad SMARTS) is 1. The lowest BCUT2D eigenvalue weighted by atomic mass is 9.99. The van der Waals surface area contributed by atoms with E-state index in [2.05, 4.69) is 0 Å². The number of aliphatic carboxylic acids is 1. The van der Waals surface area contributed by atoms with E-state index in [1.165, 1.54) is 0 Å². The quantitative estimate of drug-likeness (QED) is 0.783. The van der Waals surface area contributed by atoms with E-state index in [-0.39, 0.29) is 31.3 Å². The smallest absolute Gasteiger partial charge is 0.329 e. The van der Waals surface area contributed by atoms with Crippen molar-refractivity contribution in [1.29, 1.82) is 0 Å². The molecule has 7 nitrogen and oxygen atoms in total.